The standard InChI is InChI=1S/C14H17N3O2/c15-12(10-14-18-8-9-19-14)13-6-7-16-17(13)11-4-2-1-3-5-11/h1-7,12,14H,8-10,15H2. The molecule has 2 N–H and O–H groups in total. The highest BCUT2D eigenvalue weighted by atomic mass is 16.7. The number of nitrogens with two attached hydrogens (primary N) is 1. The summed E-state index contributed by atoms with van der Waals surface area (Å²) in [4.78, 5) is 0. The summed E-state index contributed by atoms with van der Waals surface area (Å²) in [5, 5.41) is 4.34. The molecule has 1 fully saturated rings. The molecule has 0 saturated carbocycles. The highest BCUT2D eigenvalue weighted by Crippen LogP contribution is 2.22. The predicted molar refractivity (Wildman–Crippen MR) is 70.8 cm³/mol. The van der Waals surface area contributed by atoms with E-state index in [-0.39, 0.29) is 12.3 Å². The molecule has 1 aliphatic rings. The lowest BCUT2D eigenvalue weighted by molar-refractivity contribution is -0.0510. The minimum atomic E-state index is -0.200. The monoisotopic (exact) mass is 259 g/mol. The fourth-order valence-corrected chi connectivity index (χ4v) is 2.25. The molecule has 0 spiro atoms. The molecule has 100 valence electrons. The SMILES string of the molecule is NC(CC1OCCO1)c1ccnn1-c1ccccc1. The highest BCUT2D eigenvalue weighted by Gasteiger charge is 2.22. The van der Waals surface area contributed by atoms with Crippen molar-refractivity contribution in [1.29, 1.82) is 0 Å². The van der Waals surface area contributed by atoms with E-state index in [0.29, 0.717) is 19.6 Å². The van der Waals surface area contributed by atoms with Gasteiger partial charge in [0.15, 0.2) is 6.29 Å². The summed E-state index contributed by atoms with van der Waals surface area (Å²) in [6.07, 6.45) is 2.20. The van der Waals surface area contributed by atoms with Crippen LogP contribution in [0.2, 0.25) is 0 Å². The predicted octanol–water partition coefficient (Wildman–Crippen LogP) is 1.64. The molecule has 1 aromatic heterocycles. The Bertz CT molecular complexity index is 520. The molecule has 5 nitrogen and oxygen atoms in total. The van der Waals surface area contributed by atoms with E-state index in [0.717, 1.165) is 11.4 Å². The van der Waals surface area contributed by atoms with Crippen molar-refractivity contribution < 1.29 is 9.47 Å². The van der Waals surface area contributed by atoms with E-state index in [1.807, 2.05) is 41.1 Å². The number of aromatic nitrogens is 2. The second kappa shape index (κ2) is 5.52. The fraction of sp³-hybridized carbons (Fsp3) is 0.357. The average Bonchev–Trinajstić information content (AvgIpc) is 3.10. The maximum absolute atomic E-state index is 6.24. The van der Waals surface area contributed by atoms with Gasteiger partial charge in [-0.15, -0.1) is 0 Å². The maximum atomic E-state index is 6.24. The molecule has 1 aromatic carbocycles. The number of hydrogen-bond acceptors (Lipinski definition) is 4. The van der Waals surface area contributed by atoms with Crippen LogP contribution in [0.15, 0.2) is 42.6 Å². The minimum absolute atomic E-state index is 0.161. The second-order valence-corrected chi connectivity index (χ2v) is 4.52. The van der Waals surface area contributed by atoms with Crippen LogP contribution in [0.4, 0.5) is 0 Å². The lowest BCUT2D eigenvalue weighted by atomic mass is 10.1. The normalized spacial score (nSPS) is 17.7. The molecule has 19 heavy (non-hydrogen) atoms. The minimum Gasteiger partial charge on any atom is -0.350 e. The Hall–Kier alpha value is -1.69. The van der Waals surface area contributed by atoms with Gasteiger partial charge in [0.25, 0.3) is 0 Å². The third kappa shape index (κ3) is 2.68. The summed E-state index contributed by atoms with van der Waals surface area (Å²) in [5.74, 6) is 0. The Morgan fingerprint density at radius 2 is 1.95 bits per heavy atom. The van der Waals surface area contributed by atoms with Gasteiger partial charge in [0.2, 0.25) is 0 Å². The van der Waals surface area contributed by atoms with Gasteiger partial charge in [-0.05, 0) is 18.2 Å². The lowest BCUT2D eigenvalue weighted by Gasteiger charge is -2.17. The van der Waals surface area contributed by atoms with Crippen molar-refractivity contribution in [3.63, 3.8) is 0 Å². The summed E-state index contributed by atoms with van der Waals surface area (Å²) in [7, 11) is 0. The zero-order chi connectivity index (χ0) is 13.1. The Kier molecular flexibility index (Phi) is 3.59. The Labute approximate surface area is 111 Å². The van der Waals surface area contributed by atoms with Crippen molar-refractivity contribution in [1.82, 2.24) is 9.78 Å². The summed E-state index contributed by atoms with van der Waals surface area (Å²) in [5.41, 5.74) is 8.21. The van der Waals surface area contributed by atoms with E-state index in [9.17, 15) is 0 Å². The van der Waals surface area contributed by atoms with Crippen LogP contribution in [0.25, 0.3) is 5.69 Å². The van der Waals surface area contributed by atoms with Crippen molar-refractivity contribution in [3.05, 3.63) is 48.3 Å². The van der Waals surface area contributed by atoms with Crippen LogP contribution < -0.4 is 5.73 Å². The molecule has 1 aliphatic heterocycles. The van der Waals surface area contributed by atoms with E-state index in [2.05, 4.69) is 5.10 Å². The first-order valence-electron chi connectivity index (χ1n) is 6.43. The largest absolute Gasteiger partial charge is 0.350 e. The summed E-state index contributed by atoms with van der Waals surface area (Å²) in [6.45, 7) is 1.30. The van der Waals surface area contributed by atoms with Gasteiger partial charge in [-0.1, -0.05) is 18.2 Å². The van der Waals surface area contributed by atoms with E-state index in [1.165, 1.54) is 0 Å². The van der Waals surface area contributed by atoms with Crippen molar-refractivity contribution in [2.45, 2.75) is 18.8 Å². The number of rotatable bonds is 4. The van der Waals surface area contributed by atoms with Gasteiger partial charge >= 0.3 is 0 Å². The zero-order valence-corrected chi connectivity index (χ0v) is 10.6. The summed E-state index contributed by atoms with van der Waals surface area (Å²) < 4.78 is 12.7. The molecular weight excluding hydrogens is 242 g/mol. The van der Waals surface area contributed by atoms with Gasteiger partial charge in [-0.3, -0.25) is 0 Å². The van der Waals surface area contributed by atoms with E-state index >= 15 is 0 Å². The molecule has 2 heterocycles. The number of nitrogens with zero attached hydrogens (tertiary/aromatic N) is 2. The molecule has 0 bridgehead atoms. The van der Waals surface area contributed by atoms with Crippen LogP contribution in [-0.4, -0.2) is 29.3 Å². The smallest absolute Gasteiger partial charge is 0.159 e. The summed E-state index contributed by atoms with van der Waals surface area (Å²) in [6, 6.07) is 11.7. The number of para-hydroxylation sites is 1. The van der Waals surface area contributed by atoms with E-state index in [1.54, 1.807) is 6.20 Å². The van der Waals surface area contributed by atoms with Crippen LogP contribution in [-0.2, 0) is 9.47 Å². The van der Waals surface area contributed by atoms with Gasteiger partial charge < -0.3 is 15.2 Å². The molecule has 0 radical (unpaired) electrons. The number of benzene rings is 1. The molecular formula is C14H17N3O2. The molecule has 5 heteroatoms. The van der Waals surface area contributed by atoms with Crippen LogP contribution in [0.3, 0.4) is 0 Å². The Morgan fingerprint density at radius 3 is 2.68 bits per heavy atom. The lowest BCUT2D eigenvalue weighted by Crippen LogP contribution is -2.22. The molecule has 1 atom stereocenters. The molecule has 1 saturated heterocycles. The Morgan fingerprint density at radius 1 is 1.21 bits per heavy atom. The van der Waals surface area contributed by atoms with Crippen molar-refractivity contribution >= 4 is 0 Å². The first-order chi connectivity index (χ1) is 9.34. The van der Waals surface area contributed by atoms with Crippen LogP contribution in [0.1, 0.15) is 18.2 Å². The molecule has 0 aliphatic carbocycles. The molecule has 0 amide bonds. The quantitative estimate of drug-likeness (QED) is 0.906. The van der Waals surface area contributed by atoms with Crippen molar-refractivity contribution in [3.8, 4) is 5.69 Å². The first kappa shape index (κ1) is 12.3. The van der Waals surface area contributed by atoms with Crippen molar-refractivity contribution in [2.24, 2.45) is 5.73 Å². The van der Waals surface area contributed by atoms with Gasteiger partial charge in [0.05, 0.1) is 30.6 Å². The maximum Gasteiger partial charge on any atom is 0.159 e. The first-order valence-corrected chi connectivity index (χ1v) is 6.43. The molecule has 1 unspecified atom stereocenters. The number of hydrogen-bond donors (Lipinski definition) is 1. The Balaban J connectivity index is 1.79. The third-order valence-corrected chi connectivity index (χ3v) is 3.19. The molecule has 2 aromatic rings. The fourth-order valence-electron chi connectivity index (χ4n) is 2.25. The second-order valence-electron chi connectivity index (χ2n) is 4.52. The van der Waals surface area contributed by atoms with Gasteiger partial charge in [0.1, 0.15) is 0 Å². The highest BCUT2D eigenvalue weighted by molar-refractivity contribution is 5.33. The van der Waals surface area contributed by atoms with Gasteiger partial charge in [-0.25, -0.2) is 4.68 Å². The zero-order valence-electron chi connectivity index (χ0n) is 10.6. The summed E-state index contributed by atoms with van der Waals surface area (Å²) >= 11 is 0. The van der Waals surface area contributed by atoms with Crippen LogP contribution in [0.5, 0.6) is 0 Å². The van der Waals surface area contributed by atoms with Crippen LogP contribution in [0, 0.1) is 0 Å². The molecule has 3 rings (SSSR count). The van der Waals surface area contributed by atoms with Crippen molar-refractivity contribution in [2.75, 3.05) is 13.2 Å². The van der Waals surface area contributed by atoms with Gasteiger partial charge in [0, 0.05) is 12.6 Å². The topological polar surface area (TPSA) is 62.3 Å². The number of ether oxygens (including phenoxy) is 2. The van der Waals surface area contributed by atoms with Crippen LogP contribution >= 0.6 is 0 Å². The average molecular weight is 259 g/mol. The third-order valence-electron chi connectivity index (χ3n) is 3.19. The van der Waals surface area contributed by atoms with E-state index in [4.69, 9.17) is 15.2 Å². The van der Waals surface area contributed by atoms with Gasteiger partial charge in [-0.2, -0.15) is 5.10 Å². The van der Waals surface area contributed by atoms with E-state index < -0.39 is 0 Å².